The maximum atomic E-state index is 12.4. The zero-order valence-corrected chi connectivity index (χ0v) is 12.5. The van der Waals surface area contributed by atoms with Gasteiger partial charge in [-0.3, -0.25) is 14.7 Å². The first-order valence-electron chi connectivity index (χ1n) is 7.63. The number of carboxylic acids is 1. The van der Waals surface area contributed by atoms with Crippen molar-refractivity contribution < 1.29 is 14.7 Å². The molecule has 1 aliphatic carbocycles. The molecule has 1 aromatic carbocycles. The van der Waals surface area contributed by atoms with E-state index in [1.54, 1.807) is 6.07 Å². The minimum absolute atomic E-state index is 0.120. The predicted molar refractivity (Wildman–Crippen MR) is 83.5 cm³/mol. The summed E-state index contributed by atoms with van der Waals surface area (Å²) in [5.74, 6) is -0.969. The quantitative estimate of drug-likeness (QED) is 0.802. The van der Waals surface area contributed by atoms with E-state index in [4.69, 9.17) is 5.11 Å². The number of amides is 1. The number of aromatic amines is 1. The van der Waals surface area contributed by atoms with Crippen molar-refractivity contribution in [2.24, 2.45) is 11.8 Å². The van der Waals surface area contributed by atoms with Crippen LogP contribution in [0.15, 0.2) is 30.6 Å². The van der Waals surface area contributed by atoms with Crippen molar-refractivity contribution in [2.75, 3.05) is 5.32 Å². The molecule has 0 aliphatic heterocycles. The zero-order chi connectivity index (χ0) is 16.2. The molecule has 0 radical (unpaired) electrons. The number of nitrogens with one attached hydrogen (secondary N) is 2. The highest BCUT2D eigenvalue weighted by molar-refractivity contribution is 5.93. The van der Waals surface area contributed by atoms with Crippen LogP contribution in [0.2, 0.25) is 0 Å². The maximum absolute atomic E-state index is 12.4. The van der Waals surface area contributed by atoms with E-state index in [2.05, 4.69) is 20.5 Å². The summed E-state index contributed by atoms with van der Waals surface area (Å²) in [7, 11) is 0. The molecular formula is C16H18N4O3. The Hall–Kier alpha value is -2.70. The standard InChI is InChI=1S/C16H18N4O3/c21-15(11-4-1-5-12(7-11)16(22)23)19-13-6-2-3-10(8-13)14-17-9-18-20-14/h2-3,6,8-9,11-12H,1,4-5,7H2,(H,19,21)(H,22,23)(H,17,18,20). The van der Waals surface area contributed by atoms with Crippen LogP contribution in [0.25, 0.3) is 11.4 Å². The molecule has 1 amide bonds. The number of aromatic nitrogens is 3. The predicted octanol–water partition coefficient (Wildman–Crippen LogP) is 2.30. The Balaban J connectivity index is 1.68. The second-order valence-corrected chi connectivity index (χ2v) is 5.80. The van der Waals surface area contributed by atoms with Crippen molar-refractivity contribution in [3.05, 3.63) is 30.6 Å². The van der Waals surface area contributed by atoms with Crippen molar-refractivity contribution in [1.29, 1.82) is 0 Å². The molecule has 1 saturated carbocycles. The number of carbonyl (C=O) groups is 2. The molecule has 23 heavy (non-hydrogen) atoms. The summed E-state index contributed by atoms with van der Waals surface area (Å²) < 4.78 is 0. The summed E-state index contributed by atoms with van der Waals surface area (Å²) in [5, 5.41) is 18.6. The third-order valence-electron chi connectivity index (χ3n) is 4.21. The highest BCUT2D eigenvalue weighted by Crippen LogP contribution is 2.30. The topological polar surface area (TPSA) is 108 Å². The lowest BCUT2D eigenvalue weighted by atomic mass is 9.81. The molecule has 1 aliphatic rings. The van der Waals surface area contributed by atoms with E-state index in [1.165, 1.54) is 6.33 Å². The summed E-state index contributed by atoms with van der Waals surface area (Å²) in [6, 6.07) is 7.32. The minimum atomic E-state index is -0.810. The van der Waals surface area contributed by atoms with Crippen LogP contribution in [0.3, 0.4) is 0 Å². The lowest BCUT2D eigenvalue weighted by molar-refractivity contribution is -0.143. The molecule has 2 aromatic rings. The second-order valence-electron chi connectivity index (χ2n) is 5.80. The van der Waals surface area contributed by atoms with Crippen molar-refractivity contribution >= 4 is 17.6 Å². The Bertz CT molecular complexity index is 699. The molecule has 1 heterocycles. The molecule has 1 fully saturated rings. The molecule has 0 bridgehead atoms. The largest absolute Gasteiger partial charge is 0.481 e. The molecule has 0 saturated heterocycles. The SMILES string of the molecule is O=C(O)C1CCCC(C(=O)Nc2cccc(-c3ncn[nH]3)c2)C1. The zero-order valence-electron chi connectivity index (χ0n) is 12.5. The van der Waals surface area contributed by atoms with Gasteiger partial charge in [-0.2, -0.15) is 5.10 Å². The molecule has 3 rings (SSSR count). The van der Waals surface area contributed by atoms with E-state index in [9.17, 15) is 9.59 Å². The van der Waals surface area contributed by atoms with Crippen LogP contribution in [0.4, 0.5) is 5.69 Å². The fourth-order valence-corrected chi connectivity index (χ4v) is 2.99. The minimum Gasteiger partial charge on any atom is -0.481 e. The number of carboxylic acid groups (broad SMARTS) is 1. The van der Waals surface area contributed by atoms with Gasteiger partial charge in [0.15, 0.2) is 5.82 Å². The van der Waals surface area contributed by atoms with Gasteiger partial charge in [0.2, 0.25) is 5.91 Å². The van der Waals surface area contributed by atoms with Gasteiger partial charge < -0.3 is 10.4 Å². The molecule has 2 unspecified atom stereocenters. The van der Waals surface area contributed by atoms with Gasteiger partial charge in [-0.1, -0.05) is 18.6 Å². The Morgan fingerprint density at radius 2 is 2.09 bits per heavy atom. The number of nitrogens with zero attached hydrogens (tertiary/aromatic N) is 2. The van der Waals surface area contributed by atoms with Crippen molar-refractivity contribution in [3.8, 4) is 11.4 Å². The molecule has 7 heteroatoms. The van der Waals surface area contributed by atoms with Crippen LogP contribution in [0, 0.1) is 11.8 Å². The molecule has 2 atom stereocenters. The Morgan fingerprint density at radius 1 is 1.26 bits per heavy atom. The Kier molecular flexibility index (Phi) is 4.36. The number of aliphatic carboxylic acids is 1. The van der Waals surface area contributed by atoms with Gasteiger partial charge in [0.25, 0.3) is 0 Å². The lowest BCUT2D eigenvalue weighted by Gasteiger charge is -2.25. The van der Waals surface area contributed by atoms with Gasteiger partial charge in [0.05, 0.1) is 5.92 Å². The molecule has 7 nitrogen and oxygen atoms in total. The first-order chi connectivity index (χ1) is 11.1. The van der Waals surface area contributed by atoms with E-state index in [1.807, 2.05) is 18.2 Å². The number of hydrogen-bond acceptors (Lipinski definition) is 4. The highest BCUT2D eigenvalue weighted by Gasteiger charge is 2.31. The van der Waals surface area contributed by atoms with Gasteiger partial charge in [-0.15, -0.1) is 0 Å². The first-order valence-corrected chi connectivity index (χ1v) is 7.63. The van der Waals surface area contributed by atoms with Crippen molar-refractivity contribution in [2.45, 2.75) is 25.7 Å². The Morgan fingerprint density at radius 3 is 2.83 bits per heavy atom. The normalized spacial score (nSPS) is 20.9. The highest BCUT2D eigenvalue weighted by atomic mass is 16.4. The van der Waals surface area contributed by atoms with Gasteiger partial charge in [0, 0.05) is 17.2 Å². The van der Waals surface area contributed by atoms with Gasteiger partial charge in [-0.05, 0) is 31.4 Å². The number of carbonyl (C=O) groups excluding carboxylic acids is 1. The van der Waals surface area contributed by atoms with E-state index in [0.29, 0.717) is 24.4 Å². The van der Waals surface area contributed by atoms with Crippen molar-refractivity contribution in [3.63, 3.8) is 0 Å². The number of anilines is 1. The van der Waals surface area contributed by atoms with Gasteiger partial charge in [-0.25, -0.2) is 4.98 Å². The smallest absolute Gasteiger partial charge is 0.306 e. The molecular weight excluding hydrogens is 296 g/mol. The van der Waals surface area contributed by atoms with Crippen LogP contribution < -0.4 is 5.32 Å². The van der Waals surface area contributed by atoms with E-state index < -0.39 is 11.9 Å². The Labute approximate surface area is 133 Å². The first kappa shape index (κ1) is 15.2. The summed E-state index contributed by atoms with van der Waals surface area (Å²) in [4.78, 5) is 27.6. The fraction of sp³-hybridized carbons (Fsp3) is 0.375. The third kappa shape index (κ3) is 3.56. The van der Waals surface area contributed by atoms with Gasteiger partial charge >= 0.3 is 5.97 Å². The van der Waals surface area contributed by atoms with Crippen LogP contribution in [-0.2, 0) is 9.59 Å². The molecule has 120 valence electrons. The number of benzene rings is 1. The summed E-state index contributed by atoms with van der Waals surface area (Å²) >= 11 is 0. The molecule has 0 spiro atoms. The average Bonchev–Trinajstić information content (AvgIpc) is 3.10. The van der Waals surface area contributed by atoms with Crippen LogP contribution in [-0.4, -0.2) is 32.2 Å². The van der Waals surface area contributed by atoms with Crippen molar-refractivity contribution in [1.82, 2.24) is 15.2 Å². The van der Waals surface area contributed by atoms with Crippen LogP contribution >= 0.6 is 0 Å². The molecule has 3 N–H and O–H groups in total. The summed E-state index contributed by atoms with van der Waals surface area (Å²) in [5.41, 5.74) is 1.49. The van der Waals surface area contributed by atoms with Crippen LogP contribution in [0.5, 0.6) is 0 Å². The average molecular weight is 314 g/mol. The maximum Gasteiger partial charge on any atom is 0.306 e. The monoisotopic (exact) mass is 314 g/mol. The van der Waals surface area contributed by atoms with E-state index in [-0.39, 0.29) is 11.8 Å². The van der Waals surface area contributed by atoms with E-state index in [0.717, 1.165) is 18.4 Å². The van der Waals surface area contributed by atoms with E-state index >= 15 is 0 Å². The fourth-order valence-electron chi connectivity index (χ4n) is 2.99. The number of rotatable bonds is 4. The number of H-pyrrole nitrogens is 1. The number of hydrogen-bond donors (Lipinski definition) is 3. The summed E-state index contributed by atoms with van der Waals surface area (Å²) in [6.07, 6.45) is 3.99. The van der Waals surface area contributed by atoms with Crippen LogP contribution in [0.1, 0.15) is 25.7 Å². The lowest BCUT2D eigenvalue weighted by Crippen LogP contribution is -2.30. The second kappa shape index (κ2) is 6.60. The summed E-state index contributed by atoms with van der Waals surface area (Å²) in [6.45, 7) is 0. The van der Waals surface area contributed by atoms with Gasteiger partial charge in [0.1, 0.15) is 6.33 Å². The molecule has 1 aromatic heterocycles. The third-order valence-corrected chi connectivity index (χ3v) is 4.21.